The number of benzene rings is 2. The number of ketones is 1. The van der Waals surface area contributed by atoms with E-state index in [1.54, 1.807) is 36.4 Å². The maximum Gasteiger partial charge on any atom is 0.197 e. The van der Waals surface area contributed by atoms with E-state index < -0.39 is 28.6 Å². The summed E-state index contributed by atoms with van der Waals surface area (Å²) in [7, 11) is 0. The van der Waals surface area contributed by atoms with E-state index in [1.165, 1.54) is 12.3 Å². The summed E-state index contributed by atoms with van der Waals surface area (Å²) in [5.74, 6) is -2.86. The zero-order chi connectivity index (χ0) is 21.9. The molecular weight excluding hydrogens is 400 g/mol. The predicted molar refractivity (Wildman–Crippen MR) is 106 cm³/mol. The van der Waals surface area contributed by atoms with Crippen molar-refractivity contribution in [2.24, 2.45) is 0 Å². The number of nitrogens with zero attached hydrogens (tertiary/aromatic N) is 3. The minimum absolute atomic E-state index is 0.0699. The monoisotopic (exact) mass is 409 g/mol. The summed E-state index contributed by atoms with van der Waals surface area (Å²) in [5.41, 5.74) is 0.770. The summed E-state index contributed by atoms with van der Waals surface area (Å²) >= 11 is 0. The third kappa shape index (κ3) is 2.38. The van der Waals surface area contributed by atoms with Crippen molar-refractivity contribution in [3.63, 3.8) is 0 Å². The Morgan fingerprint density at radius 2 is 1.68 bits per heavy atom. The largest absolute Gasteiger partial charge is 0.507 e. The first-order valence-electron chi connectivity index (χ1n) is 9.09. The van der Waals surface area contributed by atoms with Crippen molar-refractivity contribution in [1.82, 2.24) is 4.98 Å². The Hall–Kier alpha value is -4.62. The maximum atomic E-state index is 14.6. The third-order valence-electron chi connectivity index (χ3n) is 5.38. The van der Waals surface area contributed by atoms with Gasteiger partial charge in [-0.3, -0.25) is 9.78 Å². The fourth-order valence-corrected chi connectivity index (χ4v) is 4.23. The van der Waals surface area contributed by atoms with Gasteiger partial charge >= 0.3 is 0 Å². The zero-order valence-electron chi connectivity index (χ0n) is 15.6. The van der Waals surface area contributed by atoms with Crippen LogP contribution in [0.25, 0.3) is 22.4 Å². The number of fused-ring (bicyclic) bond motifs is 4. The molecule has 1 heterocycles. The molecular formula is C24H9F2N3O2. The van der Waals surface area contributed by atoms with Crippen LogP contribution in [0.5, 0.6) is 5.75 Å². The number of pyridine rings is 1. The Morgan fingerprint density at radius 1 is 0.935 bits per heavy atom. The molecule has 0 unspecified atom stereocenters. The van der Waals surface area contributed by atoms with E-state index in [2.05, 4.69) is 4.98 Å². The van der Waals surface area contributed by atoms with Gasteiger partial charge in [0.2, 0.25) is 0 Å². The number of allylic oxidation sites excluding steroid dienone is 3. The number of phenols is 1. The van der Waals surface area contributed by atoms with Crippen LogP contribution in [0.3, 0.4) is 0 Å². The molecule has 2 aromatic carbocycles. The normalized spacial score (nSPS) is 15.7. The molecule has 0 atom stereocenters. The molecule has 7 heteroatoms. The first kappa shape index (κ1) is 18.4. The molecule has 3 aromatic rings. The average molecular weight is 409 g/mol. The molecule has 0 amide bonds. The van der Waals surface area contributed by atoms with Gasteiger partial charge in [-0.15, -0.1) is 0 Å². The van der Waals surface area contributed by atoms with Gasteiger partial charge in [-0.2, -0.15) is 10.5 Å². The third-order valence-corrected chi connectivity index (χ3v) is 5.38. The number of phenolic OH excluding ortho intramolecular Hbond substituents is 1. The van der Waals surface area contributed by atoms with Crippen molar-refractivity contribution < 1.29 is 18.7 Å². The van der Waals surface area contributed by atoms with Gasteiger partial charge in [-0.1, -0.05) is 18.2 Å². The Bertz CT molecular complexity index is 1490. The van der Waals surface area contributed by atoms with E-state index in [0.717, 1.165) is 6.07 Å². The van der Waals surface area contributed by atoms with Gasteiger partial charge in [0, 0.05) is 40.1 Å². The van der Waals surface area contributed by atoms with Gasteiger partial charge in [0.1, 0.15) is 35.1 Å². The van der Waals surface area contributed by atoms with Crippen LogP contribution in [-0.4, -0.2) is 15.9 Å². The summed E-state index contributed by atoms with van der Waals surface area (Å²) in [5, 5.41) is 29.5. The summed E-state index contributed by atoms with van der Waals surface area (Å²) in [6, 6.07) is 13.0. The smallest absolute Gasteiger partial charge is 0.197 e. The van der Waals surface area contributed by atoms with Crippen molar-refractivity contribution in [2.75, 3.05) is 0 Å². The summed E-state index contributed by atoms with van der Waals surface area (Å²) < 4.78 is 28.7. The first-order chi connectivity index (χ1) is 15.0. The number of aromatic nitrogens is 1. The average Bonchev–Trinajstić information content (AvgIpc) is 3.22. The Labute approximate surface area is 174 Å². The summed E-state index contributed by atoms with van der Waals surface area (Å²) in [6.07, 6.45) is 1.52. The lowest BCUT2D eigenvalue weighted by Gasteiger charge is -2.09. The standard InChI is InChI=1S/C24H9F2N3O2/c25-12-7-15-18(11(9-27)10-28)22(24(31)20(15)16(26)8-12)19-13-3-1-5-17(30)21(13)23-14(19)4-2-6-29-23/h1-8,30H/b22-19-. The molecule has 0 bridgehead atoms. The molecule has 0 aliphatic heterocycles. The van der Waals surface area contributed by atoms with Crippen LogP contribution in [0.2, 0.25) is 0 Å². The Balaban J connectivity index is 2.01. The molecule has 0 spiro atoms. The molecule has 1 N–H and O–H groups in total. The van der Waals surface area contributed by atoms with Gasteiger partial charge < -0.3 is 5.11 Å². The topological polar surface area (TPSA) is 97.8 Å². The SMILES string of the molecule is N#CC(C#N)=C1/C(=C2/c3cccnc3-c3c(O)cccc32)C(=O)c2c(F)cc(F)cc21. The molecule has 2 aliphatic carbocycles. The van der Waals surface area contributed by atoms with Gasteiger partial charge in [0.15, 0.2) is 5.78 Å². The lowest BCUT2D eigenvalue weighted by atomic mass is 9.91. The molecule has 0 fully saturated rings. The van der Waals surface area contributed by atoms with E-state index in [9.17, 15) is 29.2 Å². The Morgan fingerprint density at radius 3 is 2.42 bits per heavy atom. The van der Waals surface area contributed by atoms with Crippen molar-refractivity contribution >= 4 is 16.9 Å². The van der Waals surface area contributed by atoms with E-state index in [1.807, 2.05) is 0 Å². The van der Waals surface area contributed by atoms with Crippen molar-refractivity contribution in [2.45, 2.75) is 0 Å². The lowest BCUT2D eigenvalue weighted by Crippen LogP contribution is -2.02. The van der Waals surface area contributed by atoms with Crippen LogP contribution in [-0.2, 0) is 0 Å². The van der Waals surface area contributed by atoms with Crippen molar-refractivity contribution in [3.05, 3.63) is 93.7 Å². The van der Waals surface area contributed by atoms with Gasteiger partial charge in [-0.05, 0) is 23.8 Å². The number of carbonyl (C=O) groups excluding carboxylic acids is 1. The maximum absolute atomic E-state index is 14.6. The van der Waals surface area contributed by atoms with E-state index in [-0.39, 0.29) is 22.5 Å². The number of hydrogen-bond acceptors (Lipinski definition) is 5. The fourth-order valence-electron chi connectivity index (χ4n) is 4.23. The van der Waals surface area contributed by atoms with Gasteiger partial charge in [0.25, 0.3) is 0 Å². The highest BCUT2D eigenvalue weighted by Crippen LogP contribution is 2.53. The van der Waals surface area contributed by atoms with E-state index in [0.29, 0.717) is 34.0 Å². The minimum Gasteiger partial charge on any atom is -0.507 e. The van der Waals surface area contributed by atoms with Gasteiger partial charge in [-0.25, -0.2) is 8.78 Å². The molecule has 0 radical (unpaired) electrons. The minimum atomic E-state index is -1.08. The number of aromatic hydroxyl groups is 1. The van der Waals surface area contributed by atoms with Crippen LogP contribution in [0.4, 0.5) is 8.78 Å². The van der Waals surface area contributed by atoms with E-state index in [4.69, 9.17) is 0 Å². The molecule has 0 saturated heterocycles. The quantitative estimate of drug-likeness (QED) is 0.340. The second-order valence-corrected chi connectivity index (χ2v) is 6.96. The highest BCUT2D eigenvalue weighted by Gasteiger charge is 2.41. The summed E-state index contributed by atoms with van der Waals surface area (Å²) in [6.45, 7) is 0. The summed E-state index contributed by atoms with van der Waals surface area (Å²) in [4.78, 5) is 17.7. The second kappa shape index (κ2) is 6.45. The Kier molecular flexibility index (Phi) is 3.83. The number of hydrogen-bond donors (Lipinski definition) is 1. The van der Waals surface area contributed by atoms with Gasteiger partial charge in [0.05, 0.1) is 16.8 Å². The highest BCUT2D eigenvalue weighted by atomic mass is 19.1. The van der Waals surface area contributed by atoms with E-state index >= 15 is 0 Å². The second-order valence-electron chi connectivity index (χ2n) is 6.96. The number of Topliss-reactive ketones (excluding diaryl/α,β-unsaturated/α-hetero) is 1. The number of carbonyl (C=O) groups is 1. The molecule has 2 aliphatic rings. The van der Waals surface area contributed by atoms with Crippen LogP contribution in [0, 0.1) is 34.3 Å². The zero-order valence-corrected chi connectivity index (χ0v) is 15.6. The number of nitriles is 2. The van der Waals surface area contributed by atoms with Crippen molar-refractivity contribution in [3.8, 4) is 29.1 Å². The molecule has 146 valence electrons. The molecule has 5 nitrogen and oxygen atoms in total. The lowest BCUT2D eigenvalue weighted by molar-refractivity contribution is 0.104. The first-order valence-corrected chi connectivity index (χ1v) is 9.09. The highest BCUT2D eigenvalue weighted by molar-refractivity contribution is 6.33. The molecule has 5 rings (SSSR count). The molecule has 1 aromatic heterocycles. The van der Waals surface area contributed by atoms with Crippen LogP contribution < -0.4 is 0 Å². The van der Waals surface area contributed by atoms with Crippen LogP contribution in [0.1, 0.15) is 27.0 Å². The fraction of sp³-hybridized carbons (Fsp3) is 0. The molecule has 31 heavy (non-hydrogen) atoms. The molecule has 0 saturated carbocycles. The van der Waals surface area contributed by atoms with Crippen molar-refractivity contribution in [1.29, 1.82) is 10.5 Å². The number of rotatable bonds is 0. The predicted octanol–water partition coefficient (Wildman–Crippen LogP) is 4.54. The van der Waals surface area contributed by atoms with Crippen LogP contribution >= 0.6 is 0 Å². The number of halogens is 2. The van der Waals surface area contributed by atoms with Crippen LogP contribution in [0.15, 0.2) is 59.8 Å².